The molecule has 0 aliphatic carbocycles. The van der Waals surface area contributed by atoms with Crippen molar-refractivity contribution in [2.75, 3.05) is 19.6 Å². The number of carboxylic acids is 1. The van der Waals surface area contributed by atoms with Crippen LogP contribution in [0.2, 0.25) is 0 Å². The van der Waals surface area contributed by atoms with Gasteiger partial charge >= 0.3 is 5.97 Å². The Kier molecular flexibility index (Phi) is 4.64. The zero-order chi connectivity index (χ0) is 15.4. The second kappa shape index (κ2) is 6.45. The van der Waals surface area contributed by atoms with E-state index in [2.05, 4.69) is 0 Å². The van der Waals surface area contributed by atoms with Gasteiger partial charge in [0.1, 0.15) is 0 Å². The fraction of sp³-hybridized carbons (Fsp3) is 0.429. The number of hydrogen-bond donors (Lipinski definition) is 1. The molecule has 1 aliphatic heterocycles. The van der Waals surface area contributed by atoms with Crippen LogP contribution in [0.15, 0.2) is 24.3 Å². The number of hydrogen-bond acceptors (Lipinski definition) is 5. The number of aliphatic carboxylic acids is 1. The minimum Gasteiger partial charge on any atom is -0.481 e. The average molecular weight is 292 g/mol. The van der Waals surface area contributed by atoms with Gasteiger partial charge in [0.05, 0.1) is 17.4 Å². The molecule has 1 unspecified atom stereocenters. The topological polar surface area (TPSA) is 101 Å². The van der Waals surface area contributed by atoms with E-state index in [1.165, 1.54) is 24.3 Å². The molecule has 2 rings (SSSR count). The molecule has 1 N–H and O–H groups in total. The molecule has 1 aromatic rings. The Labute approximate surface area is 121 Å². The third-order valence-corrected chi connectivity index (χ3v) is 3.60. The first kappa shape index (κ1) is 15.1. The number of carboxylic acid groups (broad SMARTS) is 1. The molecule has 1 heterocycles. The Hall–Kier alpha value is -2.28. The van der Waals surface area contributed by atoms with Gasteiger partial charge in [-0.05, 0) is 19.4 Å². The number of ketones is 1. The van der Waals surface area contributed by atoms with Crippen LogP contribution in [0.4, 0.5) is 5.69 Å². The van der Waals surface area contributed by atoms with Crippen molar-refractivity contribution < 1.29 is 19.6 Å². The Morgan fingerprint density at radius 2 is 2.19 bits per heavy atom. The Morgan fingerprint density at radius 3 is 2.86 bits per heavy atom. The number of Topliss-reactive ketones (excluding diaryl/α,β-unsaturated/α-hetero) is 1. The highest BCUT2D eigenvalue weighted by atomic mass is 16.6. The monoisotopic (exact) mass is 292 g/mol. The number of rotatable bonds is 5. The lowest BCUT2D eigenvalue weighted by Gasteiger charge is -2.29. The second-order valence-electron chi connectivity index (χ2n) is 5.14. The molecule has 0 amide bonds. The fourth-order valence-electron chi connectivity index (χ4n) is 2.49. The Bertz CT molecular complexity index is 572. The molecule has 0 spiro atoms. The van der Waals surface area contributed by atoms with E-state index in [0.717, 1.165) is 6.42 Å². The molecule has 0 aromatic heterocycles. The maximum atomic E-state index is 12.2. The van der Waals surface area contributed by atoms with Crippen molar-refractivity contribution in [3.63, 3.8) is 0 Å². The molecule has 1 aliphatic rings. The highest BCUT2D eigenvalue weighted by molar-refractivity contribution is 5.98. The number of non-ortho nitro benzene ring substituents is 1. The first-order valence-electron chi connectivity index (χ1n) is 6.70. The summed E-state index contributed by atoms with van der Waals surface area (Å²) >= 11 is 0. The van der Waals surface area contributed by atoms with E-state index in [0.29, 0.717) is 19.5 Å². The van der Waals surface area contributed by atoms with Gasteiger partial charge in [0.15, 0.2) is 5.78 Å². The molecule has 1 saturated heterocycles. The van der Waals surface area contributed by atoms with Crippen molar-refractivity contribution in [3.8, 4) is 0 Å². The van der Waals surface area contributed by atoms with Gasteiger partial charge in [0.25, 0.3) is 5.69 Å². The summed E-state index contributed by atoms with van der Waals surface area (Å²) in [5.41, 5.74) is 0.157. The van der Waals surface area contributed by atoms with Crippen LogP contribution in [-0.2, 0) is 4.79 Å². The number of likely N-dealkylation sites (tertiary alicyclic amines) is 1. The minimum atomic E-state index is -0.845. The van der Waals surface area contributed by atoms with Crippen LogP contribution in [0, 0.1) is 16.0 Å². The van der Waals surface area contributed by atoms with Gasteiger partial charge in [-0.2, -0.15) is 0 Å². The van der Waals surface area contributed by atoms with Gasteiger partial charge in [0, 0.05) is 24.2 Å². The van der Waals surface area contributed by atoms with Crippen LogP contribution >= 0.6 is 0 Å². The SMILES string of the molecule is O=C(CN1CCCC(C(=O)O)C1)c1cccc([N+](=O)[O-])c1. The van der Waals surface area contributed by atoms with Gasteiger partial charge in [-0.25, -0.2) is 0 Å². The zero-order valence-corrected chi connectivity index (χ0v) is 11.4. The molecule has 7 heteroatoms. The van der Waals surface area contributed by atoms with Crippen LogP contribution < -0.4 is 0 Å². The first-order chi connectivity index (χ1) is 9.97. The van der Waals surface area contributed by atoms with E-state index in [4.69, 9.17) is 5.11 Å². The summed E-state index contributed by atoms with van der Waals surface area (Å²) in [4.78, 5) is 35.1. The van der Waals surface area contributed by atoms with Crippen molar-refractivity contribution >= 4 is 17.4 Å². The van der Waals surface area contributed by atoms with Gasteiger partial charge in [-0.15, -0.1) is 0 Å². The van der Waals surface area contributed by atoms with E-state index in [9.17, 15) is 19.7 Å². The smallest absolute Gasteiger partial charge is 0.307 e. The maximum absolute atomic E-state index is 12.2. The number of carbonyl (C=O) groups excluding carboxylic acids is 1. The lowest BCUT2D eigenvalue weighted by Crippen LogP contribution is -2.41. The summed E-state index contributed by atoms with van der Waals surface area (Å²) in [5.74, 6) is -1.52. The zero-order valence-electron chi connectivity index (χ0n) is 11.4. The summed E-state index contributed by atoms with van der Waals surface area (Å²) in [6.45, 7) is 1.10. The number of piperidine rings is 1. The molecular weight excluding hydrogens is 276 g/mol. The number of benzene rings is 1. The van der Waals surface area contributed by atoms with Crippen LogP contribution in [0.25, 0.3) is 0 Å². The quantitative estimate of drug-likeness (QED) is 0.502. The summed E-state index contributed by atoms with van der Waals surface area (Å²) < 4.78 is 0. The van der Waals surface area contributed by atoms with Gasteiger partial charge in [0.2, 0.25) is 0 Å². The third kappa shape index (κ3) is 3.85. The maximum Gasteiger partial charge on any atom is 0.307 e. The van der Waals surface area contributed by atoms with Crippen LogP contribution in [0.3, 0.4) is 0 Å². The largest absolute Gasteiger partial charge is 0.481 e. The standard InChI is InChI=1S/C14H16N2O5/c17-13(10-3-1-5-12(7-10)16(20)21)9-15-6-2-4-11(8-15)14(18)19/h1,3,5,7,11H,2,4,6,8-9H2,(H,18,19). The minimum absolute atomic E-state index is 0.0882. The van der Waals surface area contributed by atoms with E-state index in [1.807, 2.05) is 0 Å². The fourth-order valence-corrected chi connectivity index (χ4v) is 2.49. The van der Waals surface area contributed by atoms with Gasteiger partial charge in [-0.3, -0.25) is 24.6 Å². The third-order valence-electron chi connectivity index (χ3n) is 3.60. The van der Waals surface area contributed by atoms with Crippen molar-refractivity contribution in [2.24, 2.45) is 5.92 Å². The highest BCUT2D eigenvalue weighted by Gasteiger charge is 2.26. The van der Waals surface area contributed by atoms with Crippen molar-refractivity contribution in [3.05, 3.63) is 39.9 Å². The molecule has 0 radical (unpaired) electrons. The Balaban J connectivity index is 2.02. The van der Waals surface area contributed by atoms with Crippen LogP contribution in [0.5, 0.6) is 0 Å². The summed E-state index contributed by atoms with van der Waals surface area (Å²) in [6, 6.07) is 5.59. The van der Waals surface area contributed by atoms with E-state index >= 15 is 0 Å². The molecule has 1 atom stereocenters. The summed E-state index contributed by atoms with van der Waals surface area (Å²) in [6.07, 6.45) is 1.36. The molecule has 7 nitrogen and oxygen atoms in total. The normalized spacial score (nSPS) is 19.1. The second-order valence-corrected chi connectivity index (χ2v) is 5.14. The predicted molar refractivity (Wildman–Crippen MR) is 74.2 cm³/mol. The van der Waals surface area contributed by atoms with E-state index in [-0.39, 0.29) is 23.6 Å². The van der Waals surface area contributed by atoms with Crippen LogP contribution in [0.1, 0.15) is 23.2 Å². The van der Waals surface area contributed by atoms with Gasteiger partial charge in [-0.1, -0.05) is 12.1 Å². The molecule has 1 fully saturated rings. The Morgan fingerprint density at radius 1 is 1.43 bits per heavy atom. The summed E-state index contributed by atoms with van der Waals surface area (Å²) in [7, 11) is 0. The lowest BCUT2D eigenvalue weighted by molar-refractivity contribution is -0.384. The van der Waals surface area contributed by atoms with Gasteiger partial charge < -0.3 is 5.11 Å². The number of nitro benzene ring substituents is 1. The van der Waals surface area contributed by atoms with E-state index in [1.54, 1.807) is 4.90 Å². The molecular formula is C14H16N2O5. The molecule has 112 valence electrons. The van der Waals surface area contributed by atoms with Crippen molar-refractivity contribution in [2.45, 2.75) is 12.8 Å². The lowest BCUT2D eigenvalue weighted by atomic mass is 9.97. The summed E-state index contributed by atoms with van der Waals surface area (Å²) in [5, 5.41) is 19.7. The molecule has 21 heavy (non-hydrogen) atoms. The van der Waals surface area contributed by atoms with Crippen LogP contribution in [-0.4, -0.2) is 46.3 Å². The van der Waals surface area contributed by atoms with Crippen molar-refractivity contribution in [1.82, 2.24) is 4.90 Å². The molecule has 1 aromatic carbocycles. The molecule has 0 bridgehead atoms. The van der Waals surface area contributed by atoms with Crippen molar-refractivity contribution in [1.29, 1.82) is 0 Å². The first-order valence-corrected chi connectivity index (χ1v) is 6.70. The predicted octanol–water partition coefficient (Wildman–Crippen LogP) is 1.57. The molecule has 0 saturated carbocycles. The number of nitrogens with zero attached hydrogens (tertiary/aromatic N) is 2. The average Bonchev–Trinajstić information content (AvgIpc) is 2.47. The number of nitro groups is 1. The highest BCUT2D eigenvalue weighted by Crippen LogP contribution is 2.18. The van der Waals surface area contributed by atoms with E-state index < -0.39 is 16.8 Å². The number of carbonyl (C=O) groups is 2.